The van der Waals surface area contributed by atoms with Crippen LogP contribution < -0.4 is 11.1 Å². The Kier molecular flexibility index (Phi) is 4.65. The van der Waals surface area contributed by atoms with Crippen molar-refractivity contribution in [3.63, 3.8) is 0 Å². The Balaban J connectivity index is 1.88. The fraction of sp³-hybridized carbons (Fsp3) is 0.562. The third-order valence-corrected chi connectivity index (χ3v) is 4.10. The van der Waals surface area contributed by atoms with Gasteiger partial charge in [0.25, 0.3) is 0 Å². The molecule has 0 saturated heterocycles. The molecule has 0 aromatic heterocycles. The Morgan fingerprint density at radius 1 is 1.40 bits per heavy atom. The van der Waals surface area contributed by atoms with Gasteiger partial charge >= 0.3 is 0 Å². The average Bonchev–Trinajstić information content (AvgIpc) is 2.37. The molecule has 0 aliphatic heterocycles. The lowest BCUT2D eigenvalue weighted by atomic mass is 9.80. The topological polar surface area (TPSA) is 64.3 Å². The number of nitrogens with one attached hydrogen (secondary N) is 1. The molecule has 110 valence electrons. The molecular weight excluding hydrogens is 252 g/mol. The maximum Gasteiger partial charge on any atom is 0.224 e. The Morgan fingerprint density at radius 2 is 2.10 bits per heavy atom. The summed E-state index contributed by atoms with van der Waals surface area (Å²) < 4.78 is 5.51. The fourth-order valence-electron chi connectivity index (χ4n) is 2.67. The van der Waals surface area contributed by atoms with Gasteiger partial charge in [0.1, 0.15) is 0 Å². The number of benzene rings is 1. The number of hydrogen-bond acceptors (Lipinski definition) is 3. The molecule has 0 atom stereocenters. The second kappa shape index (κ2) is 6.27. The summed E-state index contributed by atoms with van der Waals surface area (Å²) in [5.74, 6) is 0.489. The normalized spacial score (nSPS) is 21.4. The number of carbonyl (C=O) groups excluding carboxylic acids is 1. The maximum atomic E-state index is 12.1. The van der Waals surface area contributed by atoms with Gasteiger partial charge in [-0.3, -0.25) is 4.79 Å². The van der Waals surface area contributed by atoms with E-state index in [0.29, 0.717) is 24.1 Å². The van der Waals surface area contributed by atoms with Crippen LogP contribution in [0.25, 0.3) is 0 Å². The third kappa shape index (κ3) is 3.31. The molecule has 0 spiro atoms. The van der Waals surface area contributed by atoms with Gasteiger partial charge in [-0.25, -0.2) is 0 Å². The van der Waals surface area contributed by atoms with Crippen molar-refractivity contribution in [2.75, 3.05) is 17.7 Å². The number of carbonyl (C=O) groups is 1. The second-order valence-corrected chi connectivity index (χ2v) is 5.64. The van der Waals surface area contributed by atoms with Gasteiger partial charge in [0.05, 0.1) is 17.5 Å². The highest BCUT2D eigenvalue weighted by Gasteiger charge is 2.31. The predicted octanol–water partition coefficient (Wildman–Crippen LogP) is 3.03. The molecule has 4 heteroatoms. The predicted molar refractivity (Wildman–Crippen MR) is 81.7 cm³/mol. The van der Waals surface area contributed by atoms with E-state index in [1.807, 2.05) is 32.9 Å². The van der Waals surface area contributed by atoms with Gasteiger partial charge in [-0.15, -0.1) is 0 Å². The van der Waals surface area contributed by atoms with Crippen molar-refractivity contribution < 1.29 is 9.53 Å². The summed E-state index contributed by atoms with van der Waals surface area (Å²) >= 11 is 0. The quantitative estimate of drug-likeness (QED) is 0.812. The van der Waals surface area contributed by atoms with Crippen LogP contribution in [0.1, 0.15) is 37.3 Å². The molecular formula is C16H24N2O2. The molecule has 0 radical (unpaired) electrons. The number of hydrogen-bond donors (Lipinski definition) is 2. The van der Waals surface area contributed by atoms with Crippen molar-refractivity contribution in [2.45, 2.75) is 46.1 Å². The fourth-order valence-corrected chi connectivity index (χ4v) is 2.67. The van der Waals surface area contributed by atoms with E-state index in [1.54, 1.807) is 0 Å². The summed E-state index contributed by atoms with van der Waals surface area (Å²) in [4.78, 5) is 12.1. The molecule has 0 unspecified atom stereocenters. The molecule has 3 N–H and O–H groups in total. The van der Waals surface area contributed by atoms with Crippen molar-refractivity contribution in [2.24, 2.45) is 5.92 Å². The van der Waals surface area contributed by atoms with Crippen LogP contribution in [-0.4, -0.2) is 18.6 Å². The molecule has 0 heterocycles. The Hall–Kier alpha value is -1.55. The van der Waals surface area contributed by atoms with Gasteiger partial charge in [-0.2, -0.15) is 0 Å². The minimum Gasteiger partial charge on any atom is -0.397 e. The largest absolute Gasteiger partial charge is 0.397 e. The summed E-state index contributed by atoms with van der Waals surface area (Å²) in [6, 6.07) is 3.81. The number of ether oxygens (including phenoxy) is 1. The lowest BCUT2D eigenvalue weighted by Gasteiger charge is -2.34. The molecule has 1 saturated carbocycles. The van der Waals surface area contributed by atoms with Gasteiger partial charge < -0.3 is 15.8 Å². The van der Waals surface area contributed by atoms with Crippen LogP contribution in [0.15, 0.2) is 12.1 Å². The molecule has 2 rings (SSSR count). The first kappa shape index (κ1) is 14.9. The highest BCUT2D eigenvalue weighted by molar-refractivity contribution is 5.95. The Labute approximate surface area is 120 Å². The number of anilines is 2. The highest BCUT2D eigenvalue weighted by atomic mass is 16.5. The van der Waals surface area contributed by atoms with E-state index in [2.05, 4.69) is 5.32 Å². The van der Waals surface area contributed by atoms with Crippen molar-refractivity contribution in [3.05, 3.63) is 23.3 Å². The molecule has 1 aromatic rings. The first-order valence-corrected chi connectivity index (χ1v) is 7.28. The minimum absolute atomic E-state index is 0.0466. The molecule has 1 aliphatic rings. The Morgan fingerprint density at radius 3 is 2.75 bits per heavy atom. The smallest absolute Gasteiger partial charge is 0.224 e. The van der Waals surface area contributed by atoms with Crippen LogP contribution >= 0.6 is 0 Å². The van der Waals surface area contributed by atoms with E-state index in [0.717, 1.165) is 36.3 Å². The first-order chi connectivity index (χ1) is 9.51. The summed E-state index contributed by atoms with van der Waals surface area (Å²) in [6.07, 6.45) is 2.88. The van der Waals surface area contributed by atoms with Crippen LogP contribution in [0, 0.1) is 19.8 Å². The zero-order valence-corrected chi connectivity index (χ0v) is 12.5. The van der Waals surface area contributed by atoms with Crippen molar-refractivity contribution >= 4 is 17.3 Å². The summed E-state index contributed by atoms with van der Waals surface area (Å²) in [5, 5.41) is 2.96. The minimum atomic E-state index is 0.0466. The SMILES string of the molecule is CCOC1CC(CC(=O)Nc2c(N)ccc(C)c2C)C1. The molecule has 1 aromatic carbocycles. The zero-order chi connectivity index (χ0) is 14.7. The summed E-state index contributed by atoms with van der Waals surface area (Å²) in [6.45, 7) is 6.75. The van der Waals surface area contributed by atoms with Crippen LogP contribution in [0.3, 0.4) is 0 Å². The van der Waals surface area contributed by atoms with Crippen LogP contribution in [0.2, 0.25) is 0 Å². The second-order valence-electron chi connectivity index (χ2n) is 5.64. The van der Waals surface area contributed by atoms with E-state index in [1.165, 1.54) is 0 Å². The van der Waals surface area contributed by atoms with Crippen LogP contribution in [-0.2, 0) is 9.53 Å². The summed E-state index contributed by atoms with van der Waals surface area (Å²) in [5.41, 5.74) is 9.50. The zero-order valence-electron chi connectivity index (χ0n) is 12.5. The van der Waals surface area contributed by atoms with Crippen molar-refractivity contribution in [3.8, 4) is 0 Å². The molecule has 4 nitrogen and oxygen atoms in total. The van der Waals surface area contributed by atoms with Crippen molar-refractivity contribution in [1.29, 1.82) is 0 Å². The van der Waals surface area contributed by atoms with Crippen LogP contribution in [0.5, 0.6) is 0 Å². The lowest BCUT2D eigenvalue weighted by molar-refractivity contribution is -0.119. The number of rotatable bonds is 5. The number of nitrogens with two attached hydrogens (primary N) is 1. The van der Waals surface area contributed by atoms with E-state index in [9.17, 15) is 4.79 Å². The summed E-state index contributed by atoms with van der Waals surface area (Å²) in [7, 11) is 0. The van der Waals surface area contributed by atoms with E-state index in [-0.39, 0.29) is 5.91 Å². The van der Waals surface area contributed by atoms with Crippen molar-refractivity contribution in [1.82, 2.24) is 0 Å². The lowest BCUT2D eigenvalue weighted by Crippen LogP contribution is -2.34. The third-order valence-electron chi connectivity index (χ3n) is 4.10. The monoisotopic (exact) mass is 276 g/mol. The molecule has 1 fully saturated rings. The molecule has 1 aliphatic carbocycles. The van der Waals surface area contributed by atoms with Gasteiger partial charge in [-0.1, -0.05) is 6.07 Å². The van der Waals surface area contributed by atoms with E-state index < -0.39 is 0 Å². The molecule has 1 amide bonds. The number of nitrogen functional groups attached to an aromatic ring is 1. The number of aryl methyl sites for hydroxylation is 1. The van der Waals surface area contributed by atoms with Gasteiger partial charge in [0, 0.05) is 13.0 Å². The van der Waals surface area contributed by atoms with E-state index in [4.69, 9.17) is 10.5 Å². The number of amides is 1. The van der Waals surface area contributed by atoms with Crippen LogP contribution in [0.4, 0.5) is 11.4 Å². The van der Waals surface area contributed by atoms with E-state index >= 15 is 0 Å². The van der Waals surface area contributed by atoms with Gasteiger partial charge in [0.2, 0.25) is 5.91 Å². The molecule has 0 bridgehead atoms. The molecule has 20 heavy (non-hydrogen) atoms. The maximum absolute atomic E-state index is 12.1. The highest BCUT2D eigenvalue weighted by Crippen LogP contribution is 2.33. The first-order valence-electron chi connectivity index (χ1n) is 7.28. The standard InChI is InChI=1S/C16H24N2O2/c1-4-20-13-7-12(8-13)9-15(19)18-16-11(3)10(2)5-6-14(16)17/h5-6,12-13H,4,7-9,17H2,1-3H3,(H,18,19). The van der Waals surface area contributed by atoms with Gasteiger partial charge in [-0.05, 0) is 56.7 Å². The Bertz CT molecular complexity index is 493. The average molecular weight is 276 g/mol. The van der Waals surface area contributed by atoms with Gasteiger partial charge in [0.15, 0.2) is 0 Å².